The van der Waals surface area contributed by atoms with Crippen molar-refractivity contribution in [3.8, 4) is 11.3 Å². The first-order chi connectivity index (χ1) is 16.1. The van der Waals surface area contributed by atoms with Gasteiger partial charge in [-0.15, -0.1) is 10.2 Å². The molecule has 1 aliphatic heterocycles. The highest BCUT2D eigenvalue weighted by molar-refractivity contribution is 7.92. The van der Waals surface area contributed by atoms with E-state index in [1.807, 2.05) is 54.6 Å². The molecule has 1 saturated heterocycles. The van der Waals surface area contributed by atoms with E-state index < -0.39 is 10.0 Å². The topological polar surface area (TPSA) is 66.4 Å². The van der Waals surface area contributed by atoms with Gasteiger partial charge in [0.1, 0.15) is 0 Å². The highest BCUT2D eigenvalue weighted by Crippen LogP contribution is 2.24. The fraction of sp³-hybridized carbons (Fsp3) is 0.154. The van der Waals surface area contributed by atoms with Crippen LogP contribution in [0.1, 0.15) is 5.56 Å². The van der Waals surface area contributed by atoms with E-state index in [1.54, 1.807) is 6.08 Å². The second kappa shape index (κ2) is 9.13. The summed E-state index contributed by atoms with van der Waals surface area (Å²) in [6.45, 7) is 1.97. The Morgan fingerprint density at radius 3 is 2.18 bits per heavy atom. The van der Waals surface area contributed by atoms with Gasteiger partial charge < -0.3 is 4.90 Å². The molecule has 0 spiro atoms. The standard InChI is InChI=1S/C26H24N4O2S/c31-33(32,19-14-21-6-2-1-3-7-21)30-17-15-29(16-18-30)26-13-12-25(27-28-26)24-11-10-22-8-4-5-9-23(22)20-24/h1-14,19-20H,15-18H2/b19-14-. The summed E-state index contributed by atoms with van der Waals surface area (Å²) in [5.41, 5.74) is 2.70. The summed E-state index contributed by atoms with van der Waals surface area (Å²) >= 11 is 0. The molecule has 0 unspecified atom stereocenters. The van der Waals surface area contributed by atoms with Crippen LogP contribution in [-0.2, 0) is 10.0 Å². The minimum absolute atomic E-state index is 0.412. The lowest BCUT2D eigenvalue weighted by molar-refractivity contribution is 0.388. The molecule has 2 heterocycles. The molecule has 4 aromatic rings. The summed E-state index contributed by atoms with van der Waals surface area (Å²) in [5.74, 6) is 0.761. The minimum atomic E-state index is -3.46. The van der Waals surface area contributed by atoms with Crippen molar-refractivity contribution in [1.29, 1.82) is 0 Å². The maximum atomic E-state index is 12.7. The Kier molecular flexibility index (Phi) is 5.90. The maximum Gasteiger partial charge on any atom is 0.236 e. The Balaban J connectivity index is 1.24. The molecule has 1 fully saturated rings. The third-order valence-corrected chi connectivity index (χ3v) is 7.42. The van der Waals surface area contributed by atoms with Crippen molar-refractivity contribution in [2.24, 2.45) is 0 Å². The van der Waals surface area contributed by atoms with E-state index in [9.17, 15) is 8.42 Å². The van der Waals surface area contributed by atoms with Crippen molar-refractivity contribution in [2.45, 2.75) is 0 Å². The Hall–Kier alpha value is -3.55. The van der Waals surface area contributed by atoms with Gasteiger partial charge in [-0.3, -0.25) is 0 Å². The smallest absolute Gasteiger partial charge is 0.236 e. The number of rotatable bonds is 5. The third kappa shape index (κ3) is 4.79. The number of hydrogen-bond acceptors (Lipinski definition) is 5. The molecule has 0 radical (unpaired) electrons. The zero-order valence-corrected chi connectivity index (χ0v) is 18.9. The van der Waals surface area contributed by atoms with Gasteiger partial charge in [-0.05, 0) is 40.6 Å². The fourth-order valence-electron chi connectivity index (χ4n) is 3.98. The van der Waals surface area contributed by atoms with Gasteiger partial charge in [0.25, 0.3) is 0 Å². The number of hydrogen-bond donors (Lipinski definition) is 0. The van der Waals surface area contributed by atoms with Crippen LogP contribution in [0.25, 0.3) is 28.1 Å². The molecule has 166 valence electrons. The molecule has 6 nitrogen and oxygen atoms in total. The van der Waals surface area contributed by atoms with Crippen LogP contribution in [0.5, 0.6) is 0 Å². The van der Waals surface area contributed by atoms with Gasteiger partial charge in [0.2, 0.25) is 10.0 Å². The quantitative estimate of drug-likeness (QED) is 0.445. The first-order valence-electron chi connectivity index (χ1n) is 10.9. The molecular formula is C26H24N4O2S. The summed E-state index contributed by atoms with van der Waals surface area (Å²) < 4.78 is 26.9. The van der Waals surface area contributed by atoms with E-state index in [1.165, 1.54) is 20.5 Å². The average molecular weight is 457 g/mol. The Morgan fingerprint density at radius 2 is 1.45 bits per heavy atom. The number of nitrogens with zero attached hydrogens (tertiary/aromatic N) is 4. The first kappa shape index (κ1) is 21.3. The van der Waals surface area contributed by atoms with Crippen molar-refractivity contribution < 1.29 is 8.42 Å². The Morgan fingerprint density at radius 1 is 0.727 bits per heavy atom. The van der Waals surface area contributed by atoms with Crippen LogP contribution in [0.15, 0.2) is 90.3 Å². The molecule has 0 saturated carbocycles. The maximum absolute atomic E-state index is 12.7. The van der Waals surface area contributed by atoms with E-state index >= 15 is 0 Å². The van der Waals surface area contributed by atoms with Gasteiger partial charge in [0.15, 0.2) is 5.82 Å². The zero-order chi connectivity index (χ0) is 22.7. The highest BCUT2D eigenvalue weighted by Gasteiger charge is 2.25. The van der Waals surface area contributed by atoms with Gasteiger partial charge in [-0.2, -0.15) is 4.31 Å². The summed E-state index contributed by atoms with van der Waals surface area (Å²) in [4.78, 5) is 2.07. The minimum Gasteiger partial charge on any atom is -0.352 e. The van der Waals surface area contributed by atoms with E-state index in [0.717, 1.165) is 22.6 Å². The molecular weight excluding hydrogens is 432 g/mol. The second-order valence-electron chi connectivity index (χ2n) is 7.98. The molecule has 7 heteroatoms. The van der Waals surface area contributed by atoms with E-state index in [4.69, 9.17) is 0 Å². The molecule has 33 heavy (non-hydrogen) atoms. The molecule has 0 N–H and O–H groups in total. The van der Waals surface area contributed by atoms with Crippen LogP contribution in [0.4, 0.5) is 5.82 Å². The predicted molar refractivity (Wildman–Crippen MR) is 133 cm³/mol. The van der Waals surface area contributed by atoms with Crippen LogP contribution in [0.2, 0.25) is 0 Å². The number of sulfonamides is 1. The molecule has 1 aromatic heterocycles. The van der Waals surface area contributed by atoms with Crippen LogP contribution in [0.3, 0.4) is 0 Å². The van der Waals surface area contributed by atoms with Crippen LogP contribution >= 0.6 is 0 Å². The lowest BCUT2D eigenvalue weighted by atomic mass is 10.1. The van der Waals surface area contributed by atoms with Crippen molar-refractivity contribution in [3.05, 3.63) is 95.9 Å². The Bertz CT molecular complexity index is 1380. The number of benzene rings is 3. The van der Waals surface area contributed by atoms with Crippen LogP contribution < -0.4 is 4.90 Å². The van der Waals surface area contributed by atoms with Gasteiger partial charge in [0.05, 0.1) is 5.69 Å². The van der Waals surface area contributed by atoms with Gasteiger partial charge >= 0.3 is 0 Å². The van der Waals surface area contributed by atoms with Gasteiger partial charge in [-0.1, -0.05) is 66.7 Å². The van der Waals surface area contributed by atoms with Crippen molar-refractivity contribution in [3.63, 3.8) is 0 Å². The highest BCUT2D eigenvalue weighted by atomic mass is 32.2. The molecule has 0 amide bonds. The number of fused-ring (bicyclic) bond motifs is 1. The zero-order valence-electron chi connectivity index (χ0n) is 18.1. The number of anilines is 1. The van der Waals surface area contributed by atoms with Crippen LogP contribution in [-0.4, -0.2) is 49.1 Å². The van der Waals surface area contributed by atoms with E-state index in [2.05, 4.69) is 45.4 Å². The van der Waals surface area contributed by atoms with Crippen molar-refractivity contribution >= 4 is 32.7 Å². The fourth-order valence-corrected chi connectivity index (χ4v) is 5.16. The third-order valence-electron chi connectivity index (χ3n) is 5.85. The molecule has 1 aliphatic rings. The molecule has 0 atom stereocenters. The molecule has 0 bridgehead atoms. The van der Waals surface area contributed by atoms with Crippen molar-refractivity contribution in [1.82, 2.24) is 14.5 Å². The van der Waals surface area contributed by atoms with Crippen molar-refractivity contribution in [2.75, 3.05) is 31.1 Å². The van der Waals surface area contributed by atoms with E-state index in [0.29, 0.717) is 26.2 Å². The largest absolute Gasteiger partial charge is 0.352 e. The second-order valence-corrected chi connectivity index (χ2v) is 9.80. The summed E-state index contributed by atoms with van der Waals surface area (Å²) in [5, 5.41) is 12.5. The SMILES string of the molecule is O=S(=O)(/C=C\c1ccccc1)N1CCN(c2ccc(-c3ccc4ccccc4c3)nn2)CC1. The molecule has 3 aromatic carbocycles. The summed E-state index contributed by atoms with van der Waals surface area (Å²) in [6, 6.07) is 27.9. The van der Waals surface area contributed by atoms with Gasteiger partial charge in [-0.25, -0.2) is 8.42 Å². The average Bonchev–Trinajstić information content (AvgIpc) is 2.88. The van der Waals surface area contributed by atoms with E-state index in [-0.39, 0.29) is 0 Å². The number of aromatic nitrogens is 2. The van der Waals surface area contributed by atoms with Crippen LogP contribution in [0, 0.1) is 0 Å². The lowest BCUT2D eigenvalue weighted by Gasteiger charge is -2.33. The predicted octanol–water partition coefficient (Wildman–Crippen LogP) is 4.42. The monoisotopic (exact) mass is 456 g/mol. The Labute approximate surface area is 193 Å². The molecule has 0 aliphatic carbocycles. The number of piperazine rings is 1. The summed E-state index contributed by atoms with van der Waals surface area (Å²) in [7, 11) is -3.46. The normalized spacial score (nSPS) is 15.3. The lowest BCUT2D eigenvalue weighted by Crippen LogP contribution is -2.48. The van der Waals surface area contributed by atoms with Gasteiger partial charge in [0, 0.05) is 37.2 Å². The summed E-state index contributed by atoms with van der Waals surface area (Å²) in [6.07, 6.45) is 1.64. The first-order valence-corrected chi connectivity index (χ1v) is 12.4. The molecule has 5 rings (SSSR count).